The second-order valence-corrected chi connectivity index (χ2v) is 15.0. The first-order valence-electron chi connectivity index (χ1n) is 10.2. The van der Waals surface area contributed by atoms with Crippen molar-refractivity contribution in [2.24, 2.45) is 0 Å². The summed E-state index contributed by atoms with van der Waals surface area (Å²) in [5.74, 6) is 0.652. The van der Waals surface area contributed by atoms with Crippen LogP contribution >= 0.6 is 23.2 Å². The molecule has 0 N–H and O–H groups in total. The van der Waals surface area contributed by atoms with Crippen molar-refractivity contribution < 1.29 is 4.74 Å². The summed E-state index contributed by atoms with van der Waals surface area (Å²) in [6.45, 7) is 8.06. The van der Waals surface area contributed by atoms with Gasteiger partial charge in [-0.05, 0) is 18.2 Å². The minimum absolute atomic E-state index is 0.362. The van der Waals surface area contributed by atoms with Crippen LogP contribution in [0.15, 0.2) is 55.1 Å². The standard InChI is InChI=1S/C22H24Cl2N6OSi/c1-32(2,3)11-10-31-15-29-14-26-27-22(29)18-13-30(16-8-9-25-20(24)12-16)28-21(18)17-6-4-5-7-19(17)23/h4-9,12-14H,10-11,15H2,1-3H3. The predicted octanol–water partition coefficient (Wildman–Crippen LogP) is 5.81. The van der Waals surface area contributed by atoms with Crippen LogP contribution in [-0.2, 0) is 11.5 Å². The maximum atomic E-state index is 6.51. The lowest BCUT2D eigenvalue weighted by Gasteiger charge is -2.15. The highest BCUT2D eigenvalue weighted by Crippen LogP contribution is 2.35. The van der Waals surface area contributed by atoms with Crippen LogP contribution < -0.4 is 0 Å². The molecule has 0 saturated heterocycles. The molecule has 3 heterocycles. The highest BCUT2D eigenvalue weighted by Gasteiger charge is 2.21. The Bertz CT molecular complexity index is 1220. The predicted molar refractivity (Wildman–Crippen MR) is 130 cm³/mol. The quantitative estimate of drug-likeness (QED) is 0.178. The van der Waals surface area contributed by atoms with E-state index in [0.29, 0.717) is 35.0 Å². The molecule has 0 spiro atoms. The highest BCUT2D eigenvalue weighted by molar-refractivity contribution is 6.76. The third kappa shape index (κ3) is 5.27. The molecule has 10 heteroatoms. The Morgan fingerprint density at radius 3 is 2.62 bits per heavy atom. The average Bonchev–Trinajstić information content (AvgIpc) is 3.38. The summed E-state index contributed by atoms with van der Waals surface area (Å²) in [6.07, 6.45) is 5.21. The van der Waals surface area contributed by atoms with Gasteiger partial charge in [-0.25, -0.2) is 9.67 Å². The smallest absolute Gasteiger partial charge is 0.169 e. The zero-order valence-corrected chi connectivity index (χ0v) is 20.7. The molecule has 1 aromatic carbocycles. The minimum atomic E-state index is -1.16. The van der Waals surface area contributed by atoms with Gasteiger partial charge in [-0.15, -0.1) is 10.2 Å². The fraction of sp³-hybridized carbons (Fsp3) is 0.273. The largest absolute Gasteiger partial charge is 0.361 e. The van der Waals surface area contributed by atoms with E-state index in [2.05, 4.69) is 34.8 Å². The van der Waals surface area contributed by atoms with Gasteiger partial charge in [-0.2, -0.15) is 5.10 Å². The van der Waals surface area contributed by atoms with Crippen LogP contribution in [0, 0.1) is 0 Å². The average molecular weight is 487 g/mol. The van der Waals surface area contributed by atoms with E-state index >= 15 is 0 Å². The molecule has 0 aliphatic heterocycles. The molecule has 0 saturated carbocycles. The summed E-state index contributed by atoms with van der Waals surface area (Å²) >= 11 is 12.6. The molecular weight excluding hydrogens is 463 g/mol. The molecule has 0 bridgehead atoms. The Balaban J connectivity index is 1.72. The number of hydrogen-bond donors (Lipinski definition) is 0. The van der Waals surface area contributed by atoms with Gasteiger partial charge in [0.2, 0.25) is 0 Å². The van der Waals surface area contributed by atoms with E-state index in [0.717, 1.165) is 22.9 Å². The SMILES string of the molecule is C[Si](C)(C)CCOCn1cnnc1-c1cn(-c2ccnc(Cl)c2)nc1-c1ccccc1Cl. The number of aromatic nitrogens is 6. The van der Waals surface area contributed by atoms with Crippen molar-refractivity contribution >= 4 is 31.3 Å². The van der Waals surface area contributed by atoms with Gasteiger partial charge in [0.1, 0.15) is 23.9 Å². The minimum Gasteiger partial charge on any atom is -0.361 e. The first-order valence-corrected chi connectivity index (χ1v) is 14.7. The monoisotopic (exact) mass is 486 g/mol. The van der Waals surface area contributed by atoms with E-state index in [1.165, 1.54) is 0 Å². The van der Waals surface area contributed by atoms with Crippen molar-refractivity contribution in [3.63, 3.8) is 0 Å². The van der Waals surface area contributed by atoms with Crippen LogP contribution in [-0.4, -0.2) is 44.2 Å². The van der Waals surface area contributed by atoms with Gasteiger partial charge in [0, 0.05) is 38.7 Å². The van der Waals surface area contributed by atoms with Crippen molar-refractivity contribution in [1.82, 2.24) is 29.5 Å². The summed E-state index contributed by atoms with van der Waals surface area (Å²) < 4.78 is 9.55. The Kier molecular flexibility index (Phi) is 6.76. The fourth-order valence-corrected chi connectivity index (χ4v) is 4.31. The summed E-state index contributed by atoms with van der Waals surface area (Å²) in [5.41, 5.74) is 3.07. The number of ether oxygens (including phenoxy) is 1. The number of pyridine rings is 1. The van der Waals surface area contributed by atoms with Gasteiger partial charge in [0.05, 0.1) is 16.3 Å². The topological polar surface area (TPSA) is 70.7 Å². The summed E-state index contributed by atoms with van der Waals surface area (Å²) in [6, 6.07) is 12.3. The zero-order valence-electron chi connectivity index (χ0n) is 18.2. The van der Waals surface area contributed by atoms with E-state index in [4.69, 9.17) is 33.0 Å². The van der Waals surface area contributed by atoms with Gasteiger partial charge >= 0.3 is 0 Å². The lowest BCUT2D eigenvalue weighted by atomic mass is 10.1. The van der Waals surface area contributed by atoms with Crippen LogP contribution in [0.5, 0.6) is 0 Å². The number of benzene rings is 1. The lowest BCUT2D eigenvalue weighted by Crippen LogP contribution is -2.22. The van der Waals surface area contributed by atoms with Gasteiger partial charge in [0.25, 0.3) is 0 Å². The first kappa shape index (κ1) is 22.7. The second kappa shape index (κ2) is 9.54. The van der Waals surface area contributed by atoms with Crippen LogP contribution in [0.1, 0.15) is 0 Å². The first-order chi connectivity index (χ1) is 15.3. The Labute approximate surface area is 198 Å². The molecule has 166 valence electrons. The second-order valence-electron chi connectivity index (χ2n) is 8.62. The number of hydrogen-bond acceptors (Lipinski definition) is 5. The molecule has 0 fully saturated rings. The Morgan fingerprint density at radius 2 is 1.88 bits per heavy atom. The Hall–Kier alpha value is -2.52. The molecule has 3 aromatic heterocycles. The molecule has 0 unspecified atom stereocenters. The highest BCUT2D eigenvalue weighted by atomic mass is 35.5. The molecule has 4 rings (SSSR count). The van der Waals surface area contributed by atoms with Crippen molar-refractivity contribution in [3.8, 4) is 28.3 Å². The molecular formula is C22H24Cl2N6OSi. The van der Waals surface area contributed by atoms with Crippen LogP contribution in [0.3, 0.4) is 0 Å². The van der Waals surface area contributed by atoms with Crippen molar-refractivity contribution in [2.45, 2.75) is 32.4 Å². The lowest BCUT2D eigenvalue weighted by molar-refractivity contribution is 0.0880. The molecule has 7 nitrogen and oxygen atoms in total. The normalized spacial score (nSPS) is 11.8. The van der Waals surface area contributed by atoms with Crippen molar-refractivity contribution in [3.05, 3.63) is 65.3 Å². The number of halogens is 2. The van der Waals surface area contributed by atoms with Crippen LogP contribution in [0.2, 0.25) is 35.9 Å². The molecule has 0 amide bonds. The molecule has 4 aromatic rings. The van der Waals surface area contributed by atoms with Gasteiger partial charge in [-0.3, -0.25) is 4.57 Å². The maximum absolute atomic E-state index is 6.51. The van der Waals surface area contributed by atoms with Crippen molar-refractivity contribution in [1.29, 1.82) is 0 Å². The number of nitrogens with zero attached hydrogens (tertiary/aromatic N) is 6. The maximum Gasteiger partial charge on any atom is 0.169 e. The molecule has 0 aliphatic rings. The summed E-state index contributed by atoms with van der Waals surface area (Å²) in [7, 11) is -1.16. The van der Waals surface area contributed by atoms with Crippen molar-refractivity contribution in [2.75, 3.05) is 6.61 Å². The van der Waals surface area contributed by atoms with Crippen LogP contribution in [0.25, 0.3) is 28.3 Å². The summed E-state index contributed by atoms with van der Waals surface area (Å²) in [4.78, 5) is 4.05. The zero-order chi connectivity index (χ0) is 22.7. The van der Waals surface area contributed by atoms with E-state index in [9.17, 15) is 0 Å². The van der Waals surface area contributed by atoms with E-state index in [1.807, 2.05) is 41.1 Å². The fourth-order valence-electron chi connectivity index (χ4n) is 3.16. The van der Waals surface area contributed by atoms with E-state index < -0.39 is 8.07 Å². The van der Waals surface area contributed by atoms with E-state index in [-0.39, 0.29) is 0 Å². The number of rotatable bonds is 8. The van der Waals surface area contributed by atoms with Gasteiger partial charge < -0.3 is 4.74 Å². The molecule has 0 radical (unpaired) electrons. The third-order valence-electron chi connectivity index (χ3n) is 4.90. The van der Waals surface area contributed by atoms with Gasteiger partial charge in [0.15, 0.2) is 5.82 Å². The third-order valence-corrected chi connectivity index (χ3v) is 7.14. The molecule has 0 aliphatic carbocycles. The molecule has 0 atom stereocenters. The van der Waals surface area contributed by atoms with Crippen LogP contribution in [0.4, 0.5) is 0 Å². The molecule has 32 heavy (non-hydrogen) atoms. The Morgan fingerprint density at radius 1 is 1.06 bits per heavy atom. The van der Waals surface area contributed by atoms with Gasteiger partial charge in [-0.1, -0.05) is 61.0 Å². The summed E-state index contributed by atoms with van der Waals surface area (Å²) in [5, 5.41) is 14.3. The van der Waals surface area contributed by atoms with E-state index in [1.54, 1.807) is 23.3 Å².